The first-order chi connectivity index (χ1) is 18.0. The highest BCUT2D eigenvalue weighted by molar-refractivity contribution is 7.92. The lowest BCUT2D eigenvalue weighted by Crippen LogP contribution is -2.54. The maximum absolute atomic E-state index is 14.0. The molecule has 0 saturated heterocycles. The number of nitrogens with one attached hydrogen (secondary N) is 1. The largest absolute Gasteiger partial charge is 0.352 e. The number of aryl methyl sites for hydroxylation is 2. The maximum Gasteiger partial charge on any atom is 0.244 e. The Kier molecular flexibility index (Phi) is 9.69. The number of anilines is 1. The van der Waals surface area contributed by atoms with E-state index >= 15 is 0 Å². The van der Waals surface area contributed by atoms with E-state index in [-0.39, 0.29) is 18.5 Å². The van der Waals surface area contributed by atoms with Gasteiger partial charge in [-0.2, -0.15) is 0 Å². The van der Waals surface area contributed by atoms with Crippen LogP contribution in [0.25, 0.3) is 0 Å². The van der Waals surface area contributed by atoms with E-state index in [1.54, 1.807) is 24.3 Å². The molecule has 0 bridgehead atoms. The molecule has 0 fully saturated rings. The van der Waals surface area contributed by atoms with E-state index < -0.39 is 28.5 Å². The van der Waals surface area contributed by atoms with Gasteiger partial charge in [0, 0.05) is 19.0 Å². The van der Waals surface area contributed by atoms with Crippen molar-refractivity contribution in [1.29, 1.82) is 0 Å². The number of sulfonamides is 1. The minimum Gasteiger partial charge on any atom is -0.352 e. The molecule has 3 rings (SSSR count). The molecular weight excluding hydrogens is 498 g/mol. The van der Waals surface area contributed by atoms with Crippen molar-refractivity contribution in [3.63, 3.8) is 0 Å². The summed E-state index contributed by atoms with van der Waals surface area (Å²) in [5.41, 5.74) is 4.14. The van der Waals surface area contributed by atoms with E-state index in [4.69, 9.17) is 0 Å². The molecule has 0 spiro atoms. The Morgan fingerprint density at radius 2 is 1.47 bits per heavy atom. The summed E-state index contributed by atoms with van der Waals surface area (Å²) in [7, 11) is -3.78. The summed E-state index contributed by atoms with van der Waals surface area (Å²) >= 11 is 0. The molecule has 0 saturated carbocycles. The normalized spacial score (nSPS) is 12.2. The minimum atomic E-state index is -3.78. The van der Waals surface area contributed by atoms with Crippen LogP contribution in [0.4, 0.5) is 5.69 Å². The maximum atomic E-state index is 14.0. The number of amides is 2. The number of carbonyl (C=O) groups excluding carboxylic acids is 2. The molecule has 2 amide bonds. The summed E-state index contributed by atoms with van der Waals surface area (Å²) in [4.78, 5) is 29.1. The predicted molar refractivity (Wildman–Crippen MR) is 152 cm³/mol. The van der Waals surface area contributed by atoms with Crippen molar-refractivity contribution in [3.8, 4) is 0 Å². The van der Waals surface area contributed by atoms with Crippen molar-refractivity contribution in [3.05, 3.63) is 101 Å². The molecule has 1 N–H and O–H groups in total. The van der Waals surface area contributed by atoms with Gasteiger partial charge in [0.25, 0.3) is 0 Å². The number of hydrogen-bond acceptors (Lipinski definition) is 4. The van der Waals surface area contributed by atoms with Gasteiger partial charge >= 0.3 is 0 Å². The summed E-state index contributed by atoms with van der Waals surface area (Å²) < 4.78 is 26.7. The van der Waals surface area contributed by atoms with Crippen LogP contribution in [0.1, 0.15) is 36.1 Å². The lowest BCUT2D eigenvalue weighted by Gasteiger charge is -2.34. The van der Waals surface area contributed by atoms with Crippen LogP contribution in [0, 0.1) is 13.8 Å². The van der Waals surface area contributed by atoms with Crippen LogP contribution in [0.15, 0.2) is 78.9 Å². The zero-order valence-corrected chi connectivity index (χ0v) is 23.5. The summed E-state index contributed by atoms with van der Waals surface area (Å²) in [6, 6.07) is 23.2. The fraction of sp³-hybridized carbons (Fsp3) is 0.333. The Morgan fingerprint density at radius 1 is 0.868 bits per heavy atom. The topological polar surface area (TPSA) is 86.8 Å². The summed E-state index contributed by atoms with van der Waals surface area (Å²) in [6.45, 7) is 7.34. The monoisotopic (exact) mass is 535 g/mol. The van der Waals surface area contributed by atoms with E-state index in [2.05, 4.69) is 5.32 Å². The van der Waals surface area contributed by atoms with Crippen molar-refractivity contribution in [1.82, 2.24) is 10.2 Å². The third-order valence-electron chi connectivity index (χ3n) is 6.31. The molecule has 0 aromatic heterocycles. The van der Waals surface area contributed by atoms with Crippen molar-refractivity contribution >= 4 is 27.5 Å². The fourth-order valence-electron chi connectivity index (χ4n) is 4.23. The summed E-state index contributed by atoms with van der Waals surface area (Å²) in [6.07, 6.45) is 1.37. The smallest absolute Gasteiger partial charge is 0.244 e. The van der Waals surface area contributed by atoms with Crippen LogP contribution in [0.2, 0.25) is 0 Å². The van der Waals surface area contributed by atoms with Crippen LogP contribution in [-0.2, 0) is 32.6 Å². The second-order valence-electron chi connectivity index (χ2n) is 9.92. The van der Waals surface area contributed by atoms with Crippen molar-refractivity contribution in [2.45, 2.75) is 52.7 Å². The van der Waals surface area contributed by atoms with Gasteiger partial charge in [0.05, 0.1) is 11.9 Å². The molecule has 38 heavy (non-hydrogen) atoms. The lowest BCUT2D eigenvalue weighted by atomic mass is 10.0. The standard InChI is InChI=1S/C30H37N3O4S/c1-22(2)31-30(35)28(19-25-12-7-6-8-13-25)32(20-26-14-10-9-11-24(26)4)29(34)21-33(38(5,36)37)27-17-15-23(3)16-18-27/h6-18,22,28H,19-21H2,1-5H3,(H,31,35). The first-order valence-electron chi connectivity index (χ1n) is 12.7. The van der Waals surface area contributed by atoms with Gasteiger partial charge in [-0.15, -0.1) is 0 Å². The molecule has 1 unspecified atom stereocenters. The SMILES string of the molecule is Cc1ccc(N(CC(=O)N(Cc2ccccc2C)C(Cc2ccccc2)C(=O)NC(C)C)S(C)(=O)=O)cc1. The van der Waals surface area contributed by atoms with Gasteiger partial charge in [0.1, 0.15) is 12.6 Å². The van der Waals surface area contributed by atoms with Crippen molar-refractivity contribution in [2.24, 2.45) is 0 Å². The van der Waals surface area contributed by atoms with Gasteiger partial charge in [-0.3, -0.25) is 13.9 Å². The molecule has 202 valence electrons. The molecule has 0 aliphatic heterocycles. The van der Waals surface area contributed by atoms with Gasteiger partial charge in [-0.05, 0) is 56.5 Å². The quantitative estimate of drug-likeness (QED) is 0.398. The highest BCUT2D eigenvalue weighted by Gasteiger charge is 2.33. The predicted octanol–water partition coefficient (Wildman–Crippen LogP) is 4.23. The molecule has 0 heterocycles. The van der Waals surface area contributed by atoms with Crippen LogP contribution in [0.5, 0.6) is 0 Å². The van der Waals surface area contributed by atoms with Crippen LogP contribution in [0.3, 0.4) is 0 Å². The van der Waals surface area contributed by atoms with Crippen LogP contribution in [-0.4, -0.2) is 50.0 Å². The van der Waals surface area contributed by atoms with E-state index in [9.17, 15) is 18.0 Å². The molecule has 3 aromatic rings. The highest BCUT2D eigenvalue weighted by atomic mass is 32.2. The van der Waals surface area contributed by atoms with Crippen LogP contribution < -0.4 is 9.62 Å². The molecule has 8 heteroatoms. The Bertz CT molecular complexity index is 1340. The van der Waals surface area contributed by atoms with Gasteiger partial charge in [-0.1, -0.05) is 72.3 Å². The number of hydrogen-bond donors (Lipinski definition) is 1. The van der Waals surface area contributed by atoms with Crippen molar-refractivity contribution < 1.29 is 18.0 Å². The average molecular weight is 536 g/mol. The molecule has 0 aliphatic rings. The Labute approximate surface area is 226 Å². The van der Waals surface area contributed by atoms with E-state index in [1.807, 2.05) is 82.3 Å². The zero-order valence-electron chi connectivity index (χ0n) is 22.7. The first kappa shape index (κ1) is 28.9. The molecular formula is C30H37N3O4S. The van der Waals surface area contributed by atoms with Gasteiger partial charge in [0.15, 0.2) is 0 Å². The third-order valence-corrected chi connectivity index (χ3v) is 7.45. The lowest BCUT2D eigenvalue weighted by molar-refractivity contribution is -0.140. The number of rotatable bonds is 11. The molecule has 3 aromatic carbocycles. The average Bonchev–Trinajstić information content (AvgIpc) is 2.85. The van der Waals surface area contributed by atoms with Gasteiger partial charge in [0.2, 0.25) is 21.8 Å². The Balaban J connectivity index is 2.06. The third kappa shape index (κ3) is 7.92. The van der Waals surface area contributed by atoms with E-state index in [0.29, 0.717) is 12.1 Å². The number of nitrogens with zero attached hydrogens (tertiary/aromatic N) is 2. The fourth-order valence-corrected chi connectivity index (χ4v) is 5.08. The molecule has 0 radical (unpaired) electrons. The van der Waals surface area contributed by atoms with Crippen molar-refractivity contribution in [2.75, 3.05) is 17.1 Å². The van der Waals surface area contributed by atoms with Gasteiger partial charge in [-0.25, -0.2) is 8.42 Å². The summed E-state index contributed by atoms with van der Waals surface area (Å²) in [5.74, 6) is -0.744. The minimum absolute atomic E-state index is 0.128. The Hall–Kier alpha value is -3.65. The van der Waals surface area contributed by atoms with E-state index in [0.717, 1.165) is 32.8 Å². The number of benzene rings is 3. The molecule has 7 nitrogen and oxygen atoms in total. The summed E-state index contributed by atoms with van der Waals surface area (Å²) in [5, 5.41) is 2.96. The van der Waals surface area contributed by atoms with Crippen LogP contribution >= 0.6 is 0 Å². The second kappa shape index (κ2) is 12.7. The molecule has 1 atom stereocenters. The molecule has 0 aliphatic carbocycles. The zero-order chi connectivity index (χ0) is 27.9. The first-order valence-corrected chi connectivity index (χ1v) is 14.5. The van der Waals surface area contributed by atoms with E-state index in [1.165, 1.54) is 4.90 Å². The van der Waals surface area contributed by atoms with Gasteiger partial charge < -0.3 is 10.2 Å². The highest BCUT2D eigenvalue weighted by Crippen LogP contribution is 2.21. The second-order valence-corrected chi connectivity index (χ2v) is 11.8. The number of carbonyl (C=O) groups is 2. The Morgan fingerprint density at radius 3 is 2.05 bits per heavy atom.